The fourth-order valence-corrected chi connectivity index (χ4v) is 1.91. The fourth-order valence-electron chi connectivity index (χ4n) is 1.91. The van der Waals surface area contributed by atoms with Crippen molar-refractivity contribution in [3.63, 3.8) is 0 Å². The highest BCUT2D eigenvalue weighted by Crippen LogP contribution is 2.05. The minimum Gasteiger partial charge on any atom is -0.465 e. The van der Waals surface area contributed by atoms with E-state index in [2.05, 4.69) is 15.2 Å². The number of ether oxygens (including phenoxy) is 2. The number of rotatable bonds is 8. The smallest absolute Gasteiger partial charge is 0.337 e. The fraction of sp³-hybridized carbons (Fsp3) is 0.312. The predicted molar refractivity (Wildman–Crippen MR) is 83.2 cm³/mol. The molecule has 0 radical (unpaired) electrons. The molecule has 2 rings (SSSR count). The van der Waals surface area contributed by atoms with Gasteiger partial charge in [0.2, 0.25) is 0 Å². The maximum atomic E-state index is 11.9. The van der Waals surface area contributed by atoms with E-state index in [9.17, 15) is 9.59 Å². The SMILES string of the molecule is COC(=O)c1ccc(C(=O)NCCOCCn2cccn2)cc1. The van der Waals surface area contributed by atoms with Crippen LogP contribution in [0.3, 0.4) is 0 Å². The molecule has 1 N–H and O–H groups in total. The number of esters is 1. The van der Waals surface area contributed by atoms with E-state index in [-0.39, 0.29) is 5.91 Å². The summed E-state index contributed by atoms with van der Waals surface area (Å²) in [5.41, 5.74) is 0.889. The number of hydrogen-bond acceptors (Lipinski definition) is 5. The van der Waals surface area contributed by atoms with Crippen molar-refractivity contribution >= 4 is 11.9 Å². The minimum absolute atomic E-state index is 0.211. The standard InChI is InChI=1S/C16H19N3O4/c1-22-16(21)14-5-3-13(4-6-14)15(20)17-8-11-23-12-10-19-9-2-7-18-19/h2-7,9H,8,10-12H2,1H3,(H,17,20). The van der Waals surface area contributed by atoms with Crippen molar-refractivity contribution in [3.8, 4) is 0 Å². The lowest BCUT2D eigenvalue weighted by Gasteiger charge is -2.07. The lowest BCUT2D eigenvalue weighted by Crippen LogP contribution is -2.27. The average Bonchev–Trinajstić information content (AvgIpc) is 3.10. The molecule has 1 amide bonds. The Labute approximate surface area is 134 Å². The first kappa shape index (κ1) is 16.7. The molecule has 0 aliphatic carbocycles. The number of carbonyl (C=O) groups is 2. The van der Waals surface area contributed by atoms with Gasteiger partial charge in [-0.25, -0.2) is 4.79 Å². The maximum Gasteiger partial charge on any atom is 0.337 e. The van der Waals surface area contributed by atoms with Gasteiger partial charge in [-0.05, 0) is 30.3 Å². The maximum absolute atomic E-state index is 11.9. The van der Waals surface area contributed by atoms with E-state index in [1.54, 1.807) is 35.1 Å². The van der Waals surface area contributed by atoms with Crippen molar-refractivity contribution in [2.75, 3.05) is 26.9 Å². The van der Waals surface area contributed by atoms with Gasteiger partial charge in [0, 0.05) is 24.5 Å². The van der Waals surface area contributed by atoms with Crippen molar-refractivity contribution in [2.24, 2.45) is 0 Å². The third-order valence-corrected chi connectivity index (χ3v) is 3.12. The van der Waals surface area contributed by atoms with E-state index < -0.39 is 5.97 Å². The zero-order valence-electron chi connectivity index (χ0n) is 12.9. The Morgan fingerprint density at radius 3 is 2.57 bits per heavy atom. The summed E-state index contributed by atoms with van der Waals surface area (Å²) in [7, 11) is 1.31. The van der Waals surface area contributed by atoms with Crippen LogP contribution in [-0.4, -0.2) is 48.5 Å². The largest absolute Gasteiger partial charge is 0.465 e. The van der Waals surface area contributed by atoms with Crippen molar-refractivity contribution in [3.05, 3.63) is 53.9 Å². The van der Waals surface area contributed by atoms with Gasteiger partial charge in [0.15, 0.2) is 0 Å². The summed E-state index contributed by atoms with van der Waals surface area (Å²) in [5.74, 6) is -0.639. The summed E-state index contributed by atoms with van der Waals surface area (Å²) in [6.07, 6.45) is 3.58. The van der Waals surface area contributed by atoms with E-state index >= 15 is 0 Å². The van der Waals surface area contributed by atoms with Crippen LogP contribution in [0.1, 0.15) is 20.7 Å². The third kappa shape index (κ3) is 5.23. The number of hydrogen-bond donors (Lipinski definition) is 1. The second kappa shape index (κ2) is 8.70. The second-order valence-corrected chi connectivity index (χ2v) is 4.71. The van der Waals surface area contributed by atoms with Gasteiger partial charge in [-0.2, -0.15) is 5.10 Å². The Kier molecular flexibility index (Phi) is 6.31. The van der Waals surface area contributed by atoms with Crippen molar-refractivity contribution in [2.45, 2.75) is 6.54 Å². The summed E-state index contributed by atoms with van der Waals surface area (Å²) >= 11 is 0. The van der Waals surface area contributed by atoms with Crippen molar-refractivity contribution in [1.29, 1.82) is 0 Å². The topological polar surface area (TPSA) is 82.5 Å². The molecular weight excluding hydrogens is 298 g/mol. The van der Waals surface area contributed by atoms with Gasteiger partial charge in [0.1, 0.15) is 0 Å². The quantitative estimate of drug-likeness (QED) is 0.583. The molecule has 0 fully saturated rings. The van der Waals surface area contributed by atoms with Gasteiger partial charge in [0.05, 0.1) is 32.4 Å². The molecule has 122 valence electrons. The summed E-state index contributed by atoms with van der Waals surface area (Å²) in [6.45, 7) is 2.05. The average molecular weight is 317 g/mol. The Morgan fingerprint density at radius 1 is 1.17 bits per heavy atom. The molecule has 1 aromatic heterocycles. The molecule has 7 nitrogen and oxygen atoms in total. The number of amides is 1. The van der Waals surface area contributed by atoms with E-state index in [0.717, 1.165) is 0 Å². The van der Waals surface area contributed by atoms with E-state index in [1.165, 1.54) is 7.11 Å². The van der Waals surface area contributed by atoms with Crippen LogP contribution >= 0.6 is 0 Å². The summed E-state index contributed by atoms with van der Waals surface area (Å²) < 4.78 is 11.8. The van der Waals surface area contributed by atoms with Gasteiger partial charge in [-0.3, -0.25) is 9.48 Å². The second-order valence-electron chi connectivity index (χ2n) is 4.71. The van der Waals surface area contributed by atoms with Gasteiger partial charge in [0.25, 0.3) is 5.91 Å². The van der Waals surface area contributed by atoms with Crippen LogP contribution in [0.5, 0.6) is 0 Å². The first-order valence-corrected chi connectivity index (χ1v) is 7.22. The number of carbonyl (C=O) groups excluding carboxylic acids is 2. The molecule has 0 aliphatic heterocycles. The number of aromatic nitrogens is 2. The third-order valence-electron chi connectivity index (χ3n) is 3.12. The Hall–Kier alpha value is -2.67. The lowest BCUT2D eigenvalue weighted by molar-refractivity contribution is 0.0600. The van der Waals surface area contributed by atoms with Crippen LogP contribution in [0.25, 0.3) is 0 Å². The molecule has 0 saturated heterocycles. The predicted octanol–water partition coefficient (Wildman–Crippen LogP) is 1.12. The van der Waals surface area contributed by atoms with Crippen LogP contribution in [-0.2, 0) is 16.0 Å². The molecule has 23 heavy (non-hydrogen) atoms. The Balaban J connectivity index is 1.65. The zero-order valence-corrected chi connectivity index (χ0v) is 12.9. The highest BCUT2D eigenvalue weighted by atomic mass is 16.5. The molecule has 7 heteroatoms. The highest BCUT2D eigenvalue weighted by Gasteiger charge is 2.08. The van der Waals surface area contributed by atoms with E-state index in [0.29, 0.717) is 37.4 Å². The summed E-state index contributed by atoms with van der Waals surface area (Å²) in [6, 6.07) is 8.13. The molecule has 0 atom stereocenters. The van der Waals surface area contributed by atoms with E-state index in [4.69, 9.17) is 4.74 Å². The van der Waals surface area contributed by atoms with Crippen LogP contribution in [0.15, 0.2) is 42.7 Å². The van der Waals surface area contributed by atoms with Crippen LogP contribution < -0.4 is 5.32 Å². The van der Waals surface area contributed by atoms with Gasteiger partial charge < -0.3 is 14.8 Å². The first-order valence-electron chi connectivity index (χ1n) is 7.22. The van der Waals surface area contributed by atoms with Gasteiger partial charge in [-0.15, -0.1) is 0 Å². The van der Waals surface area contributed by atoms with Crippen LogP contribution in [0, 0.1) is 0 Å². The Bertz CT molecular complexity index is 623. The molecule has 0 unspecified atom stereocenters. The van der Waals surface area contributed by atoms with Crippen LogP contribution in [0.2, 0.25) is 0 Å². The van der Waals surface area contributed by atoms with Crippen molar-refractivity contribution in [1.82, 2.24) is 15.1 Å². The number of nitrogens with one attached hydrogen (secondary N) is 1. The van der Waals surface area contributed by atoms with Crippen LogP contribution in [0.4, 0.5) is 0 Å². The zero-order chi connectivity index (χ0) is 16.5. The normalized spacial score (nSPS) is 10.3. The molecule has 0 bridgehead atoms. The van der Waals surface area contributed by atoms with Crippen molar-refractivity contribution < 1.29 is 19.1 Å². The molecular formula is C16H19N3O4. The summed E-state index contributed by atoms with van der Waals surface area (Å²) in [5, 5.41) is 6.81. The molecule has 0 spiro atoms. The van der Waals surface area contributed by atoms with Gasteiger partial charge in [-0.1, -0.05) is 0 Å². The number of methoxy groups -OCH3 is 1. The summed E-state index contributed by atoms with van der Waals surface area (Å²) in [4.78, 5) is 23.2. The van der Waals surface area contributed by atoms with Gasteiger partial charge >= 0.3 is 5.97 Å². The number of benzene rings is 1. The minimum atomic E-state index is -0.428. The first-order chi connectivity index (χ1) is 11.2. The monoisotopic (exact) mass is 317 g/mol. The van der Waals surface area contributed by atoms with E-state index in [1.807, 2.05) is 12.3 Å². The molecule has 2 aromatic rings. The highest BCUT2D eigenvalue weighted by molar-refractivity contribution is 5.96. The Morgan fingerprint density at radius 2 is 1.91 bits per heavy atom. The molecule has 0 aliphatic rings. The molecule has 1 aromatic carbocycles. The molecule has 1 heterocycles. The molecule has 0 saturated carbocycles. The lowest BCUT2D eigenvalue weighted by atomic mass is 10.1. The number of nitrogens with zero attached hydrogens (tertiary/aromatic N) is 2.